The van der Waals surface area contributed by atoms with Crippen molar-refractivity contribution < 1.29 is 14.2 Å². The summed E-state index contributed by atoms with van der Waals surface area (Å²) in [5.41, 5.74) is 0. The lowest BCUT2D eigenvalue weighted by Gasteiger charge is -2.22. The third kappa shape index (κ3) is 5.58. The van der Waals surface area contributed by atoms with Gasteiger partial charge in [0.2, 0.25) is 0 Å². The Labute approximate surface area is 86.7 Å². The quantitative estimate of drug-likeness (QED) is 0.616. The largest absolute Gasteiger partial charge is 0.376 e. The van der Waals surface area contributed by atoms with E-state index in [0.717, 1.165) is 19.6 Å². The molecular formula is C11H22O3. The average molecular weight is 202 g/mol. The molecule has 0 aromatic rings. The number of hydrogen-bond donors (Lipinski definition) is 0. The Balaban J connectivity index is 1.87. The van der Waals surface area contributed by atoms with Crippen LogP contribution in [-0.2, 0) is 14.2 Å². The van der Waals surface area contributed by atoms with Crippen LogP contribution in [0.2, 0.25) is 0 Å². The van der Waals surface area contributed by atoms with Crippen molar-refractivity contribution in [2.45, 2.75) is 45.3 Å². The zero-order valence-electron chi connectivity index (χ0n) is 9.33. The Morgan fingerprint density at radius 1 is 1.29 bits per heavy atom. The van der Waals surface area contributed by atoms with Crippen LogP contribution in [0.15, 0.2) is 0 Å². The molecule has 0 saturated carbocycles. The highest BCUT2D eigenvalue weighted by Crippen LogP contribution is 2.12. The molecule has 14 heavy (non-hydrogen) atoms. The van der Waals surface area contributed by atoms with E-state index in [-0.39, 0.29) is 0 Å². The molecule has 1 heterocycles. The molecule has 0 aliphatic carbocycles. The molecule has 1 aliphatic heterocycles. The molecule has 0 bridgehead atoms. The minimum atomic E-state index is 0.296. The summed E-state index contributed by atoms with van der Waals surface area (Å²) in [5.74, 6) is 0. The molecule has 1 rings (SSSR count). The van der Waals surface area contributed by atoms with Crippen LogP contribution in [0.3, 0.4) is 0 Å². The fraction of sp³-hybridized carbons (Fsp3) is 1.00. The van der Waals surface area contributed by atoms with Gasteiger partial charge in [-0.1, -0.05) is 0 Å². The molecule has 1 saturated heterocycles. The third-order valence-electron chi connectivity index (χ3n) is 2.26. The summed E-state index contributed by atoms with van der Waals surface area (Å²) in [6.07, 6.45) is 4.24. The number of rotatable bonds is 6. The lowest BCUT2D eigenvalue weighted by Crippen LogP contribution is -2.25. The third-order valence-corrected chi connectivity index (χ3v) is 2.26. The number of ether oxygens (including phenoxy) is 3. The van der Waals surface area contributed by atoms with Crippen LogP contribution in [0.4, 0.5) is 0 Å². The molecule has 3 heteroatoms. The van der Waals surface area contributed by atoms with E-state index in [4.69, 9.17) is 14.2 Å². The predicted octanol–water partition coefficient (Wildman–Crippen LogP) is 2.00. The van der Waals surface area contributed by atoms with Crippen molar-refractivity contribution in [3.63, 3.8) is 0 Å². The van der Waals surface area contributed by atoms with Gasteiger partial charge in [-0.3, -0.25) is 0 Å². The predicted molar refractivity (Wildman–Crippen MR) is 55.5 cm³/mol. The van der Waals surface area contributed by atoms with Crippen LogP contribution in [0.5, 0.6) is 0 Å². The van der Waals surface area contributed by atoms with Crippen molar-refractivity contribution in [1.29, 1.82) is 0 Å². The zero-order chi connectivity index (χ0) is 10.2. The second kappa shape index (κ2) is 7.21. The highest BCUT2D eigenvalue weighted by Gasteiger charge is 2.13. The molecule has 1 atom stereocenters. The molecule has 0 aromatic heterocycles. The molecular weight excluding hydrogens is 180 g/mol. The summed E-state index contributed by atoms with van der Waals surface area (Å²) in [6, 6.07) is 0. The SMILES string of the molecule is CC(C)OCCOCC1CCCCO1. The van der Waals surface area contributed by atoms with Gasteiger partial charge in [0.1, 0.15) is 0 Å². The Morgan fingerprint density at radius 3 is 2.79 bits per heavy atom. The Morgan fingerprint density at radius 2 is 2.14 bits per heavy atom. The maximum absolute atomic E-state index is 5.54. The highest BCUT2D eigenvalue weighted by molar-refractivity contribution is 4.62. The molecule has 0 spiro atoms. The second-order valence-electron chi connectivity index (χ2n) is 3.98. The van der Waals surface area contributed by atoms with Crippen LogP contribution < -0.4 is 0 Å². The van der Waals surface area contributed by atoms with Gasteiger partial charge in [-0.25, -0.2) is 0 Å². The van der Waals surface area contributed by atoms with E-state index in [9.17, 15) is 0 Å². The van der Waals surface area contributed by atoms with E-state index in [1.54, 1.807) is 0 Å². The van der Waals surface area contributed by atoms with Crippen molar-refractivity contribution >= 4 is 0 Å². The van der Waals surface area contributed by atoms with Gasteiger partial charge in [0, 0.05) is 6.61 Å². The van der Waals surface area contributed by atoms with Crippen LogP contribution in [0, 0.1) is 0 Å². The molecule has 0 aromatic carbocycles. The van der Waals surface area contributed by atoms with E-state index in [2.05, 4.69) is 0 Å². The average Bonchev–Trinajstić information content (AvgIpc) is 2.18. The minimum Gasteiger partial charge on any atom is -0.376 e. The van der Waals surface area contributed by atoms with Crippen LogP contribution >= 0.6 is 0 Å². The summed E-state index contributed by atoms with van der Waals surface area (Å²) in [4.78, 5) is 0. The van der Waals surface area contributed by atoms with Gasteiger partial charge < -0.3 is 14.2 Å². The van der Waals surface area contributed by atoms with Crippen molar-refractivity contribution in [2.24, 2.45) is 0 Å². The van der Waals surface area contributed by atoms with E-state index < -0.39 is 0 Å². The molecule has 1 unspecified atom stereocenters. The minimum absolute atomic E-state index is 0.296. The summed E-state index contributed by atoms with van der Waals surface area (Å²) in [5, 5.41) is 0. The van der Waals surface area contributed by atoms with Gasteiger partial charge in [0.05, 0.1) is 32.0 Å². The Bertz CT molecular complexity index is 130. The molecule has 3 nitrogen and oxygen atoms in total. The fourth-order valence-corrected chi connectivity index (χ4v) is 1.50. The summed E-state index contributed by atoms with van der Waals surface area (Å²) >= 11 is 0. The summed E-state index contributed by atoms with van der Waals surface area (Å²) in [6.45, 7) is 7.05. The van der Waals surface area contributed by atoms with E-state index in [1.807, 2.05) is 13.8 Å². The highest BCUT2D eigenvalue weighted by atomic mass is 16.5. The molecule has 1 aliphatic rings. The van der Waals surface area contributed by atoms with Crippen LogP contribution in [0.1, 0.15) is 33.1 Å². The number of hydrogen-bond acceptors (Lipinski definition) is 3. The van der Waals surface area contributed by atoms with Crippen molar-refractivity contribution in [3.05, 3.63) is 0 Å². The van der Waals surface area contributed by atoms with Gasteiger partial charge in [-0.2, -0.15) is 0 Å². The van der Waals surface area contributed by atoms with E-state index in [0.29, 0.717) is 25.4 Å². The van der Waals surface area contributed by atoms with Gasteiger partial charge in [0.25, 0.3) is 0 Å². The smallest absolute Gasteiger partial charge is 0.0808 e. The van der Waals surface area contributed by atoms with E-state index >= 15 is 0 Å². The maximum atomic E-state index is 5.54. The first-order chi connectivity index (χ1) is 6.79. The Hall–Kier alpha value is -0.120. The molecule has 0 N–H and O–H groups in total. The first kappa shape index (κ1) is 12.0. The molecule has 0 amide bonds. The monoisotopic (exact) mass is 202 g/mol. The van der Waals surface area contributed by atoms with Gasteiger partial charge in [0.15, 0.2) is 0 Å². The first-order valence-corrected chi connectivity index (χ1v) is 5.60. The van der Waals surface area contributed by atoms with Gasteiger partial charge in [-0.05, 0) is 33.1 Å². The summed E-state index contributed by atoms with van der Waals surface area (Å²) < 4.78 is 16.4. The van der Waals surface area contributed by atoms with Crippen molar-refractivity contribution in [3.8, 4) is 0 Å². The summed E-state index contributed by atoms with van der Waals surface area (Å²) in [7, 11) is 0. The lowest BCUT2D eigenvalue weighted by atomic mass is 10.1. The normalized spacial score (nSPS) is 22.9. The van der Waals surface area contributed by atoms with Crippen LogP contribution in [-0.4, -0.2) is 38.6 Å². The fourth-order valence-electron chi connectivity index (χ4n) is 1.50. The maximum Gasteiger partial charge on any atom is 0.0808 e. The molecule has 0 radical (unpaired) electrons. The zero-order valence-corrected chi connectivity index (χ0v) is 9.33. The molecule has 84 valence electrons. The Kier molecular flexibility index (Phi) is 6.15. The van der Waals surface area contributed by atoms with Crippen LogP contribution in [0.25, 0.3) is 0 Å². The van der Waals surface area contributed by atoms with Gasteiger partial charge >= 0.3 is 0 Å². The standard InChI is InChI=1S/C11H22O3/c1-10(2)13-8-7-12-9-11-5-3-4-6-14-11/h10-11H,3-9H2,1-2H3. The lowest BCUT2D eigenvalue weighted by molar-refractivity contribution is -0.0549. The van der Waals surface area contributed by atoms with Gasteiger partial charge in [-0.15, -0.1) is 0 Å². The second-order valence-corrected chi connectivity index (χ2v) is 3.98. The van der Waals surface area contributed by atoms with Crippen molar-refractivity contribution in [2.75, 3.05) is 26.4 Å². The molecule has 1 fully saturated rings. The first-order valence-electron chi connectivity index (χ1n) is 5.60. The van der Waals surface area contributed by atoms with Crippen molar-refractivity contribution in [1.82, 2.24) is 0 Å². The topological polar surface area (TPSA) is 27.7 Å². The van der Waals surface area contributed by atoms with E-state index in [1.165, 1.54) is 12.8 Å².